The smallest absolute Gasteiger partial charge is 0.0471 e. The van der Waals surface area contributed by atoms with Crippen molar-refractivity contribution in [3.8, 4) is 0 Å². The highest BCUT2D eigenvalue weighted by Gasteiger charge is 2.32. The van der Waals surface area contributed by atoms with E-state index >= 15 is 0 Å². The molecule has 2 rings (SSSR count). The molecule has 0 radical (unpaired) electrons. The molecular formula is C12H24N2O. The monoisotopic (exact) mass is 212 g/mol. The molecule has 1 N–H and O–H groups in total. The zero-order valence-electron chi connectivity index (χ0n) is 10.0. The molecule has 2 fully saturated rings. The summed E-state index contributed by atoms with van der Waals surface area (Å²) in [5.74, 6) is 0.528. The molecule has 3 atom stereocenters. The molecule has 88 valence electrons. The lowest BCUT2D eigenvalue weighted by atomic mass is 9.97. The Morgan fingerprint density at radius 3 is 2.73 bits per heavy atom. The third-order valence-corrected chi connectivity index (χ3v) is 4.19. The first kappa shape index (κ1) is 11.4. The second-order valence-electron chi connectivity index (χ2n) is 5.36. The normalized spacial score (nSPS) is 39.8. The summed E-state index contributed by atoms with van der Waals surface area (Å²) in [6.45, 7) is 6.24. The summed E-state index contributed by atoms with van der Waals surface area (Å²) in [5, 5.41) is 9.22. The molecule has 0 saturated carbocycles. The molecule has 0 aliphatic carbocycles. The minimum absolute atomic E-state index is 0.370. The minimum Gasteiger partial charge on any atom is -0.396 e. The Morgan fingerprint density at radius 2 is 2.13 bits per heavy atom. The second kappa shape index (κ2) is 4.81. The van der Waals surface area contributed by atoms with E-state index in [2.05, 4.69) is 23.8 Å². The number of aliphatic hydroxyl groups is 1. The molecule has 2 heterocycles. The average molecular weight is 212 g/mol. The summed E-state index contributed by atoms with van der Waals surface area (Å²) in [6.07, 6.45) is 3.78. The summed E-state index contributed by atoms with van der Waals surface area (Å²) in [6, 6.07) is 1.46. The quantitative estimate of drug-likeness (QED) is 0.733. The van der Waals surface area contributed by atoms with Gasteiger partial charge in [0.1, 0.15) is 0 Å². The number of piperidine rings is 1. The van der Waals surface area contributed by atoms with Crippen molar-refractivity contribution in [2.75, 3.05) is 33.3 Å². The Hall–Kier alpha value is -0.120. The Balaban J connectivity index is 1.88. The van der Waals surface area contributed by atoms with E-state index in [-0.39, 0.29) is 0 Å². The summed E-state index contributed by atoms with van der Waals surface area (Å²) in [4.78, 5) is 5.05. The van der Waals surface area contributed by atoms with E-state index in [1.165, 1.54) is 32.4 Å². The molecule has 2 aliphatic heterocycles. The SMILES string of the molecule is CC1CC(N2CCCC(CO)C2)CN1C. The summed E-state index contributed by atoms with van der Waals surface area (Å²) in [5.41, 5.74) is 0. The zero-order chi connectivity index (χ0) is 10.8. The first-order valence-electron chi connectivity index (χ1n) is 6.26. The number of hydrogen-bond donors (Lipinski definition) is 1. The fourth-order valence-corrected chi connectivity index (χ4v) is 3.00. The van der Waals surface area contributed by atoms with Gasteiger partial charge in [-0.15, -0.1) is 0 Å². The van der Waals surface area contributed by atoms with Crippen LogP contribution in [-0.2, 0) is 0 Å². The van der Waals surface area contributed by atoms with E-state index in [1.807, 2.05) is 0 Å². The Bertz CT molecular complexity index is 200. The molecule has 3 heteroatoms. The van der Waals surface area contributed by atoms with Crippen molar-refractivity contribution in [2.45, 2.75) is 38.3 Å². The molecule has 2 saturated heterocycles. The molecule has 0 bridgehead atoms. The van der Waals surface area contributed by atoms with E-state index in [1.54, 1.807) is 0 Å². The largest absolute Gasteiger partial charge is 0.396 e. The lowest BCUT2D eigenvalue weighted by Gasteiger charge is -2.36. The molecule has 0 aromatic carbocycles. The van der Waals surface area contributed by atoms with Gasteiger partial charge in [-0.25, -0.2) is 0 Å². The molecule has 15 heavy (non-hydrogen) atoms. The molecule has 0 aromatic heterocycles. The van der Waals surface area contributed by atoms with Crippen LogP contribution in [0.15, 0.2) is 0 Å². The molecule has 3 unspecified atom stereocenters. The van der Waals surface area contributed by atoms with Gasteiger partial charge >= 0.3 is 0 Å². The fraction of sp³-hybridized carbons (Fsp3) is 1.00. The number of hydrogen-bond acceptors (Lipinski definition) is 3. The minimum atomic E-state index is 0.370. The van der Waals surface area contributed by atoms with Crippen molar-refractivity contribution >= 4 is 0 Å². The third-order valence-electron chi connectivity index (χ3n) is 4.19. The van der Waals surface area contributed by atoms with Crippen LogP contribution >= 0.6 is 0 Å². The molecular weight excluding hydrogens is 188 g/mol. The van der Waals surface area contributed by atoms with E-state index in [4.69, 9.17) is 0 Å². The van der Waals surface area contributed by atoms with E-state index in [0.717, 1.165) is 18.6 Å². The predicted octanol–water partition coefficient (Wildman–Crippen LogP) is 0.783. The van der Waals surface area contributed by atoms with Crippen molar-refractivity contribution in [1.29, 1.82) is 0 Å². The van der Waals surface area contributed by atoms with Crippen LogP contribution in [0.3, 0.4) is 0 Å². The fourth-order valence-electron chi connectivity index (χ4n) is 3.00. The van der Waals surface area contributed by atoms with Gasteiger partial charge in [0.15, 0.2) is 0 Å². The van der Waals surface area contributed by atoms with Crippen LogP contribution in [-0.4, -0.2) is 60.3 Å². The van der Waals surface area contributed by atoms with Gasteiger partial charge in [-0.2, -0.15) is 0 Å². The number of rotatable bonds is 2. The number of nitrogens with zero attached hydrogens (tertiary/aromatic N) is 2. The Kier molecular flexibility index (Phi) is 3.65. The van der Waals surface area contributed by atoms with E-state index in [9.17, 15) is 5.11 Å². The third kappa shape index (κ3) is 2.52. The maximum atomic E-state index is 9.22. The second-order valence-corrected chi connectivity index (χ2v) is 5.36. The highest BCUT2D eigenvalue weighted by molar-refractivity contribution is 4.89. The van der Waals surface area contributed by atoms with Gasteiger partial charge in [0.25, 0.3) is 0 Å². The maximum absolute atomic E-state index is 9.22. The van der Waals surface area contributed by atoms with Crippen molar-refractivity contribution < 1.29 is 5.11 Å². The van der Waals surface area contributed by atoms with Crippen molar-refractivity contribution in [1.82, 2.24) is 9.80 Å². The first-order valence-corrected chi connectivity index (χ1v) is 6.26. The first-order chi connectivity index (χ1) is 7.20. The molecule has 3 nitrogen and oxygen atoms in total. The van der Waals surface area contributed by atoms with E-state index in [0.29, 0.717) is 12.5 Å². The van der Waals surface area contributed by atoms with Gasteiger partial charge in [-0.1, -0.05) is 0 Å². The van der Waals surface area contributed by atoms with Gasteiger partial charge in [0, 0.05) is 31.8 Å². The molecule has 0 spiro atoms. The van der Waals surface area contributed by atoms with Crippen LogP contribution in [0.2, 0.25) is 0 Å². The van der Waals surface area contributed by atoms with Gasteiger partial charge in [0.2, 0.25) is 0 Å². The van der Waals surface area contributed by atoms with Crippen LogP contribution in [0, 0.1) is 5.92 Å². The Morgan fingerprint density at radius 1 is 1.33 bits per heavy atom. The lowest BCUT2D eigenvalue weighted by molar-refractivity contribution is 0.0906. The van der Waals surface area contributed by atoms with Crippen molar-refractivity contribution in [3.63, 3.8) is 0 Å². The highest BCUT2D eigenvalue weighted by Crippen LogP contribution is 2.25. The Labute approximate surface area is 93.1 Å². The van der Waals surface area contributed by atoms with E-state index < -0.39 is 0 Å². The van der Waals surface area contributed by atoms with Crippen molar-refractivity contribution in [3.05, 3.63) is 0 Å². The number of likely N-dealkylation sites (tertiary alicyclic amines) is 2. The summed E-state index contributed by atoms with van der Waals surface area (Å²) in [7, 11) is 2.22. The van der Waals surface area contributed by atoms with Crippen LogP contribution in [0.1, 0.15) is 26.2 Å². The van der Waals surface area contributed by atoms with Crippen LogP contribution < -0.4 is 0 Å². The summed E-state index contributed by atoms with van der Waals surface area (Å²) >= 11 is 0. The maximum Gasteiger partial charge on any atom is 0.0471 e. The van der Waals surface area contributed by atoms with Crippen LogP contribution in [0.25, 0.3) is 0 Å². The molecule has 0 amide bonds. The zero-order valence-corrected chi connectivity index (χ0v) is 10.0. The summed E-state index contributed by atoms with van der Waals surface area (Å²) < 4.78 is 0. The topological polar surface area (TPSA) is 26.7 Å². The molecule has 2 aliphatic rings. The van der Waals surface area contributed by atoms with Gasteiger partial charge < -0.3 is 10.0 Å². The molecule has 0 aromatic rings. The van der Waals surface area contributed by atoms with Gasteiger partial charge in [0.05, 0.1) is 0 Å². The average Bonchev–Trinajstić information content (AvgIpc) is 2.59. The van der Waals surface area contributed by atoms with Crippen LogP contribution in [0.5, 0.6) is 0 Å². The standard InChI is InChI=1S/C12H24N2O/c1-10-6-12(8-13(10)2)14-5-3-4-11(7-14)9-15/h10-12,15H,3-9H2,1-2H3. The lowest BCUT2D eigenvalue weighted by Crippen LogP contribution is -2.44. The van der Waals surface area contributed by atoms with Crippen molar-refractivity contribution in [2.24, 2.45) is 5.92 Å². The number of likely N-dealkylation sites (N-methyl/N-ethyl adjacent to an activating group) is 1. The predicted molar refractivity (Wildman–Crippen MR) is 61.9 cm³/mol. The number of aliphatic hydroxyl groups excluding tert-OH is 1. The van der Waals surface area contributed by atoms with Gasteiger partial charge in [-0.05, 0) is 45.7 Å². The highest BCUT2D eigenvalue weighted by atomic mass is 16.3. The van der Waals surface area contributed by atoms with Crippen LogP contribution in [0.4, 0.5) is 0 Å². The van der Waals surface area contributed by atoms with Gasteiger partial charge in [-0.3, -0.25) is 4.90 Å².